The summed E-state index contributed by atoms with van der Waals surface area (Å²) in [5, 5.41) is 0. The van der Waals surface area contributed by atoms with Gasteiger partial charge in [0.1, 0.15) is 0 Å². The molecular weight excluding hydrogens is 284 g/mol. The van der Waals surface area contributed by atoms with Gasteiger partial charge in [-0.1, -0.05) is 70.9 Å². The fourth-order valence-electron chi connectivity index (χ4n) is 2.13. The van der Waals surface area contributed by atoms with Gasteiger partial charge in [-0.15, -0.1) is 0 Å². The third-order valence-corrected chi connectivity index (χ3v) is 4.41. The zero-order valence-electron chi connectivity index (χ0n) is 11.2. The van der Waals surface area contributed by atoms with E-state index in [0.29, 0.717) is 0 Å². The second kappa shape index (κ2) is 5.71. The minimum atomic E-state index is 0.281. The third-order valence-electron chi connectivity index (χ3n) is 3.39. The monoisotopic (exact) mass is 302 g/mol. The van der Waals surface area contributed by atoms with E-state index in [0.717, 1.165) is 6.42 Å². The summed E-state index contributed by atoms with van der Waals surface area (Å²) in [7, 11) is 0. The molecule has 0 saturated carbocycles. The molecule has 0 aliphatic heterocycles. The largest absolute Gasteiger partial charge is 0.0786 e. The van der Waals surface area contributed by atoms with Gasteiger partial charge in [0.05, 0.1) is 4.83 Å². The summed E-state index contributed by atoms with van der Waals surface area (Å²) in [6.07, 6.45) is 1.09. The first kappa shape index (κ1) is 13.4. The molecule has 0 bridgehead atoms. The molecule has 0 N–H and O–H groups in total. The van der Waals surface area contributed by atoms with Crippen LogP contribution in [0.3, 0.4) is 0 Å². The molecule has 94 valence electrons. The Morgan fingerprint density at radius 2 is 1.67 bits per heavy atom. The zero-order chi connectivity index (χ0) is 13.1. The van der Waals surface area contributed by atoms with Gasteiger partial charge in [-0.3, -0.25) is 0 Å². The fraction of sp³-hybridized carbons (Fsp3) is 0.294. The maximum absolute atomic E-state index is 3.83. The average molecular weight is 303 g/mol. The first-order valence-corrected chi connectivity index (χ1v) is 7.33. The smallest absolute Gasteiger partial charge is 0.0647 e. The topological polar surface area (TPSA) is 0 Å². The number of hydrogen-bond donors (Lipinski definition) is 0. The van der Waals surface area contributed by atoms with E-state index in [-0.39, 0.29) is 4.83 Å². The molecule has 2 aromatic carbocycles. The zero-order valence-corrected chi connectivity index (χ0v) is 12.8. The van der Waals surface area contributed by atoms with Crippen LogP contribution in [0.25, 0.3) is 0 Å². The van der Waals surface area contributed by atoms with Crippen LogP contribution in [0, 0.1) is 13.8 Å². The van der Waals surface area contributed by atoms with Crippen molar-refractivity contribution in [2.24, 2.45) is 0 Å². The fourth-order valence-corrected chi connectivity index (χ4v) is 2.93. The van der Waals surface area contributed by atoms with Crippen molar-refractivity contribution < 1.29 is 0 Å². The molecule has 0 spiro atoms. The van der Waals surface area contributed by atoms with E-state index in [4.69, 9.17) is 0 Å². The summed E-state index contributed by atoms with van der Waals surface area (Å²) in [6.45, 7) is 6.50. The number of hydrogen-bond acceptors (Lipinski definition) is 0. The SMILES string of the molecule is CCc1ccc(C(Br)c2cc(C)ccc2C)cc1. The standard InChI is InChI=1S/C17H19Br/c1-4-14-7-9-15(10-8-14)17(18)16-11-12(2)5-6-13(16)3/h5-11,17H,4H2,1-3H3. The lowest BCUT2D eigenvalue weighted by Crippen LogP contribution is -1.97. The first-order valence-electron chi connectivity index (χ1n) is 6.42. The van der Waals surface area contributed by atoms with Gasteiger partial charge >= 0.3 is 0 Å². The van der Waals surface area contributed by atoms with Crippen LogP contribution in [0.4, 0.5) is 0 Å². The van der Waals surface area contributed by atoms with Crippen molar-refractivity contribution in [1.82, 2.24) is 0 Å². The summed E-state index contributed by atoms with van der Waals surface area (Å²) in [4.78, 5) is 0.281. The lowest BCUT2D eigenvalue weighted by Gasteiger charge is -2.15. The maximum atomic E-state index is 3.83. The highest BCUT2D eigenvalue weighted by Crippen LogP contribution is 2.33. The average Bonchev–Trinajstić information content (AvgIpc) is 2.41. The Balaban J connectivity index is 2.34. The van der Waals surface area contributed by atoms with Gasteiger partial charge < -0.3 is 0 Å². The number of benzene rings is 2. The Kier molecular flexibility index (Phi) is 4.23. The predicted molar refractivity (Wildman–Crippen MR) is 82.5 cm³/mol. The van der Waals surface area contributed by atoms with Crippen molar-refractivity contribution in [3.8, 4) is 0 Å². The maximum Gasteiger partial charge on any atom is 0.0647 e. The first-order chi connectivity index (χ1) is 8.61. The molecule has 18 heavy (non-hydrogen) atoms. The Labute approximate surface area is 118 Å². The van der Waals surface area contributed by atoms with Gasteiger partial charge in [0, 0.05) is 0 Å². The lowest BCUT2D eigenvalue weighted by molar-refractivity contribution is 1.10. The van der Waals surface area contributed by atoms with Gasteiger partial charge in [-0.25, -0.2) is 0 Å². The van der Waals surface area contributed by atoms with Gasteiger partial charge in [0.15, 0.2) is 0 Å². The van der Waals surface area contributed by atoms with Crippen LogP contribution in [-0.4, -0.2) is 0 Å². The minimum Gasteiger partial charge on any atom is -0.0786 e. The highest BCUT2D eigenvalue weighted by molar-refractivity contribution is 9.09. The Bertz CT molecular complexity index is 526. The number of aryl methyl sites for hydroxylation is 3. The van der Waals surface area contributed by atoms with Crippen LogP contribution in [0.1, 0.15) is 39.6 Å². The lowest BCUT2D eigenvalue weighted by atomic mass is 9.97. The predicted octanol–water partition coefficient (Wildman–Crippen LogP) is 5.35. The Hall–Kier alpha value is -1.08. The van der Waals surface area contributed by atoms with Crippen molar-refractivity contribution in [2.75, 3.05) is 0 Å². The van der Waals surface area contributed by atoms with E-state index in [1.54, 1.807) is 0 Å². The quantitative estimate of drug-likeness (QED) is 0.670. The highest BCUT2D eigenvalue weighted by atomic mass is 79.9. The van der Waals surface area contributed by atoms with Crippen molar-refractivity contribution in [3.63, 3.8) is 0 Å². The summed E-state index contributed by atoms with van der Waals surface area (Å²) < 4.78 is 0. The van der Waals surface area contributed by atoms with E-state index >= 15 is 0 Å². The van der Waals surface area contributed by atoms with Crippen molar-refractivity contribution in [1.29, 1.82) is 0 Å². The van der Waals surface area contributed by atoms with Crippen LogP contribution in [-0.2, 0) is 6.42 Å². The van der Waals surface area contributed by atoms with Crippen molar-refractivity contribution >= 4 is 15.9 Å². The van der Waals surface area contributed by atoms with Gasteiger partial charge in [-0.2, -0.15) is 0 Å². The molecule has 2 rings (SSSR count). The van der Waals surface area contributed by atoms with E-state index in [2.05, 4.69) is 79.2 Å². The molecule has 0 aliphatic carbocycles. The van der Waals surface area contributed by atoms with Gasteiger partial charge in [0.25, 0.3) is 0 Å². The van der Waals surface area contributed by atoms with E-state index in [1.807, 2.05) is 0 Å². The van der Waals surface area contributed by atoms with Crippen molar-refractivity contribution in [2.45, 2.75) is 32.0 Å². The molecule has 0 aliphatic rings. The van der Waals surface area contributed by atoms with Gasteiger partial charge in [-0.05, 0) is 42.5 Å². The molecule has 0 heterocycles. The summed E-state index contributed by atoms with van der Waals surface area (Å²) in [5.41, 5.74) is 6.71. The van der Waals surface area contributed by atoms with Crippen LogP contribution in [0.15, 0.2) is 42.5 Å². The molecule has 2 aromatic rings. The van der Waals surface area contributed by atoms with Gasteiger partial charge in [0.2, 0.25) is 0 Å². The van der Waals surface area contributed by atoms with E-state index in [1.165, 1.54) is 27.8 Å². The van der Waals surface area contributed by atoms with E-state index in [9.17, 15) is 0 Å². The Morgan fingerprint density at radius 1 is 1.00 bits per heavy atom. The van der Waals surface area contributed by atoms with Crippen LogP contribution in [0.2, 0.25) is 0 Å². The highest BCUT2D eigenvalue weighted by Gasteiger charge is 2.12. The van der Waals surface area contributed by atoms with E-state index < -0.39 is 0 Å². The summed E-state index contributed by atoms with van der Waals surface area (Å²) >= 11 is 3.83. The molecule has 1 unspecified atom stereocenters. The molecule has 0 fully saturated rings. The Morgan fingerprint density at radius 3 is 2.28 bits per heavy atom. The molecule has 0 amide bonds. The van der Waals surface area contributed by atoms with Crippen LogP contribution < -0.4 is 0 Å². The second-order valence-electron chi connectivity index (χ2n) is 4.82. The number of halogens is 1. The third kappa shape index (κ3) is 2.84. The molecule has 0 aromatic heterocycles. The summed E-state index contributed by atoms with van der Waals surface area (Å²) in [5.74, 6) is 0. The van der Waals surface area contributed by atoms with Crippen LogP contribution >= 0.6 is 15.9 Å². The molecular formula is C17H19Br. The normalized spacial score (nSPS) is 12.4. The molecule has 0 nitrogen and oxygen atoms in total. The molecule has 1 atom stereocenters. The molecule has 1 heteroatoms. The minimum absolute atomic E-state index is 0.281. The number of rotatable bonds is 3. The molecule has 0 radical (unpaired) electrons. The van der Waals surface area contributed by atoms with Crippen LogP contribution in [0.5, 0.6) is 0 Å². The second-order valence-corrected chi connectivity index (χ2v) is 5.73. The molecule has 0 saturated heterocycles. The summed E-state index contributed by atoms with van der Waals surface area (Å²) in [6, 6.07) is 15.5. The number of alkyl halides is 1. The van der Waals surface area contributed by atoms with Crippen molar-refractivity contribution in [3.05, 3.63) is 70.3 Å².